The van der Waals surface area contributed by atoms with Gasteiger partial charge in [-0.3, -0.25) is 23.0 Å². The summed E-state index contributed by atoms with van der Waals surface area (Å²) in [5.41, 5.74) is 0.239. The molecule has 0 saturated carbocycles. The van der Waals surface area contributed by atoms with Gasteiger partial charge in [0, 0.05) is 60.0 Å². The van der Waals surface area contributed by atoms with Crippen molar-refractivity contribution in [2.75, 3.05) is 90.3 Å². The van der Waals surface area contributed by atoms with Crippen LogP contribution in [0.4, 0.5) is 11.4 Å². The van der Waals surface area contributed by atoms with Gasteiger partial charge in [-0.1, -0.05) is 44.6 Å². The van der Waals surface area contributed by atoms with E-state index in [9.17, 15) is 74.8 Å². The summed E-state index contributed by atoms with van der Waals surface area (Å²) in [6.07, 6.45) is 9.37. The first-order valence-corrected chi connectivity index (χ1v) is 32.7. The van der Waals surface area contributed by atoms with Crippen LogP contribution in [0.1, 0.15) is 70.4 Å². The molecule has 4 aromatic rings. The predicted octanol–water partition coefficient (Wildman–Crippen LogP) is 5.81. The molecule has 0 fully saturated rings. The first kappa shape index (κ1) is 65.1. The van der Waals surface area contributed by atoms with Crippen molar-refractivity contribution in [1.29, 1.82) is 0 Å². The van der Waals surface area contributed by atoms with Gasteiger partial charge in [-0.25, -0.2) is 8.42 Å². The van der Waals surface area contributed by atoms with Gasteiger partial charge in [0.25, 0.3) is 40.5 Å². The Morgan fingerprint density at radius 1 is 0.630 bits per heavy atom. The van der Waals surface area contributed by atoms with Gasteiger partial charge in [0.2, 0.25) is 5.69 Å². The lowest BCUT2D eigenvalue weighted by molar-refractivity contribution is -0.442. The number of hydrogen-bond donors (Lipinski definition) is 5. The zero-order chi connectivity index (χ0) is 59.8. The van der Waals surface area contributed by atoms with E-state index in [1.807, 2.05) is 4.90 Å². The van der Waals surface area contributed by atoms with Crippen LogP contribution in [0, 0.1) is 0 Å². The highest BCUT2D eigenvalue weighted by molar-refractivity contribution is 7.87. The van der Waals surface area contributed by atoms with Crippen LogP contribution in [-0.2, 0) is 89.9 Å². The molecule has 0 spiro atoms. The standard InChI is InChI=1S/C52H66N2O22S5/c1-51(2)46(53(20-10-6-9-14-48(55)56)42-17-15-38-40(49(42)51)32-36(78(60,61)62)34-44(38)80(66,67)68)12-7-5-8-13-47-52(3,19-11-31-77(57,58)59)50-41-33-37(79(63,64)65)35-45(81(69,70)71)39(41)16-18-43(50)54(47)21-22-73-25-26-75-29-30-76-28-27-74-24-23-72-4/h5,7-8,12-13,15-18,32-35H,6,9-11,14,19-31H2,1-4H3,(H5-,55,56,57,58,59,60,61,62,63,64,65,66,67,68,69,70,71). The predicted molar refractivity (Wildman–Crippen MR) is 296 cm³/mol. The molecule has 1 atom stereocenters. The lowest BCUT2D eigenvalue weighted by Gasteiger charge is -2.27. The number of carboxylic acids is 1. The number of carboxylic acid groups (broad SMARTS) is 1. The molecule has 24 nitrogen and oxygen atoms in total. The Morgan fingerprint density at radius 3 is 1.72 bits per heavy atom. The quantitative estimate of drug-likeness (QED) is 0.0166. The summed E-state index contributed by atoms with van der Waals surface area (Å²) >= 11 is 0. The fraction of sp³-hybridized carbons (Fsp3) is 0.462. The number of methoxy groups -OCH3 is 1. The molecular weight excluding hydrogens is 1160 g/mol. The second kappa shape index (κ2) is 26.7. The molecular formula is C52H66N2O22S5. The second-order valence-electron chi connectivity index (χ2n) is 19.8. The van der Waals surface area contributed by atoms with Crippen LogP contribution in [0.25, 0.3) is 21.5 Å². The van der Waals surface area contributed by atoms with Crippen molar-refractivity contribution in [3.05, 3.63) is 95.7 Å². The Balaban J connectivity index is 1.43. The van der Waals surface area contributed by atoms with Gasteiger partial charge >= 0.3 is 5.97 Å². The van der Waals surface area contributed by atoms with Crippen molar-refractivity contribution >= 4 is 95.2 Å². The highest BCUT2D eigenvalue weighted by Gasteiger charge is 2.49. The van der Waals surface area contributed by atoms with E-state index >= 15 is 0 Å². The average molecular weight is 1230 g/mol. The van der Waals surface area contributed by atoms with E-state index in [0.29, 0.717) is 99.3 Å². The molecule has 5 N–H and O–H groups in total. The molecule has 0 amide bonds. The smallest absolute Gasteiger partial charge is 0.303 e. The highest BCUT2D eigenvalue weighted by Crippen LogP contribution is 2.52. The Bertz CT molecular complexity index is 3730. The third-order valence-electron chi connectivity index (χ3n) is 13.9. The number of aliphatic carboxylic acids is 1. The maximum Gasteiger partial charge on any atom is 0.303 e. The van der Waals surface area contributed by atoms with E-state index < -0.39 is 92.7 Å². The number of fused-ring (bicyclic) bond motifs is 6. The van der Waals surface area contributed by atoms with Gasteiger partial charge in [-0.05, 0) is 96.8 Å². The molecule has 0 saturated heterocycles. The number of carbonyl (C=O) groups is 1. The summed E-state index contributed by atoms with van der Waals surface area (Å²) in [6, 6.07) is 9.22. The minimum absolute atomic E-state index is 0.0290. The van der Waals surface area contributed by atoms with Gasteiger partial charge in [-0.2, -0.15) is 38.2 Å². The number of rotatable bonds is 32. The number of hydrogen-bond acceptors (Lipinski definition) is 18. The number of nitrogens with zero attached hydrogens (tertiary/aromatic N) is 2. The van der Waals surface area contributed by atoms with Crippen molar-refractivity contribution in [3.8, 4) is 0 Å². The molecule has 0 radical (unpaired) electrons. The Morgan fingerprint density at radius 2 is 1.17 bits per heavy atom. The van der Waals surface area contributed by atoms with Crippen LogP contribution in [0.15, 0.2) is 104 Å². The van der Waals surface area contributed by atoms with E-state index in [2.05, 4.69) is 0 Å². The zero-order valence-corrected chi connectivity index (χ0v) is 48.9. The summed E-state index contributed by atoms with van der Waals surface area (Å²) in [4.78, 5) is 9.84. The lowest BCUT2D eigenvalue weighted by atomic mass is 9.74. The first-order valence-electron chi connectivity index (χ1n) is 25.4. The summed E-state index contributed by atoms with van der Waals surface area (Å²) in [7, 11) is -23.5. The van der Waals surface area contributed by atoms with E-state index in [1.54, 1.807) is 75.0 Å². The van der Waals surface area contributed by atoms with Crippen LogP contribution in [-0.4, -0.2) is 172 Å². The van der Waals surface area contributed by atoms with Gasteiger partial charge in [0.05, 0.1) is 78.7 Å². The van der Waals surface area contributed by atoms with Gasteiger partial charge < -0.3 is 38.2 Å². The van der Waals surface area contributed by atoms with E-state index in [0.717, 1.165) is 12.1 Å². The van der Waals surface area contributed by atoms with E-state index in [1.165, 1.54) is 12.1 Å². The molecule has 29 heteroatoms. The Labute approximate surface area is 471 Å². The zero-order valence-electron chi connectivity index (χ0n) is 44.8. The van der Waals surface area contributed by atoms with Crippen LogP contribution in [0.2, 0.25) is 0 Å². The van der Waals surface area contributed by atoms with Gasteiger partial charge in [0.15, 0.2) is 12.3 Å². The first-order chi connectivity index (χ1) is 37.8. The van der Waals surface area contributed by atoms with E-state index in [-0.39, 0.29) is 79.3 Å². The molecule has 0 aliphatic carbocycles. The van der Waals surface area contributed by atoms with Crippen LogP contribution >= 0.6 is 0 Å². The summed E-state index contributed by atoms with van der Waals surface area (Å²) < 4.78 is 208. The minimum atomic E-state index is -5.29. The molecule has 0 aromatic heterocycles. The van der Waals surface area contributed by atoms with Crippen LogP contribution < -0.4 is 4.90 Å². The molecule has 2 aliphatic rings. The largest absolute Gasteiger partial charge is 0.744 e. The molecule has 1 unspecified atom stereocenters. The maximum atomic E-state index is 12.9. The van der Waals surface area contributed by atoms with Crippen LogP contribution in [0.5, 0.6) is 0 Å². The molecule has 6 rings (SSSR count). The third kappa shape index (κ3) is 16.2. The highest BCUT2D eigenvalue weighted by atomic mass is 32.2. The van der Waals surface area contributed by atoms with Crippen molar-refractivity contribution in [2.45, 2.75) is 89.7 Å². The normalized spacial score (nSPS) is 17.4. The average Bonchev–Trinajstić information content (AvgIpc) is 3.26. The number of unbranched alkanes of at least 4 members (excludes halogenated alkanes) is 2. The third-order valence-corrected chi connectivity index (χ3v) is 18.1. The fourth-order valence-corrected chi connectivity index (χ4v) is 13.5. The number of allylic oxidation sites excluding steroid dienone is 6. The number of ether oxygens (including phenoxy) is 5. The van der Waals surface area contributed by atoms with E-state index in [4.69, 9.17) is 23.7 Å². The summed E-state index contributed by atoms with van der Waals surface area (Å²) in [6.45, 7) is 8.23. The van der Waals surface area contributed by atoms with Crippen molar-refractivity contribution < 1.29 is 103 Å². The number of anilines is 1. The molecule has 81 heavy (non-hydrogen) atoms. The summed E-state index contributed by atoms with van der Waals surface area (Å²) in [5.74, 6) is -1.67. The van der Waals surface area contributed by atoms with Crippen molar-refractivity contribution in [3.63, 3.8) is 0 Å². The Hall–Kier alpha value is -5.09. The maximum absolute atomic E-state index is 12.9. The SMILES string of the molecule is COCCOCCOCCOCCOCC[N+]1=C(/C=C/C=C/C=C2/N(CCCCCC(=O)O)c3ccc4c(S(=O)(=O)[O-])cc(S(=O)(=O)O)cc4c3C2(C)C)C(C)(CCCS(=O)(=O)O)c2c1ccc1c(S(=O)(=O)O)cc(S(=O)(=O)O)cc21. The monoisotopic (exact) mass is 1230 g/mol. The molecule has 446 valence electrons. The van der Waals surface area contributed by atoms with Crippen molar-refractivity contribution in [1.82, 2.24) is 0 Å². The molecule has 2 heterocycles. The van der Waals surface area contributed by atoms with Crippen molar-refractivity contribution in [2.24, 2.45) is 0 Å². The minimum Gasteiger partial charge on any atom is -0.744 e. The number of benzene rings is 4. The topological polar surface area (TPSA) is 364 Å². The lowest BCUT2D eigenvalue weighted by Crippen LogP contribution is -2.33. The van der Waals surface area contributed by atoms with Gasteiger partial charge in [0.1, 0.15) is 21.6 Å². The Kier molecular flexibility index (Phi) is 21.4. The molecule has 0 bridgehead atoms. The molecule has 2 aliphatic heterocycles. The fourth-order valence-electron chi connectivity index (χ4n) is 10.3. The van der Waals surface area contributed by atoms with Gasteiger partial charge in [-0.15, -0.1) is 0 Å². The summed E-state index contributed by atoms with van der Waals surface area (Å²) in [5, 5.41) is 9.08. The molecule has 4 aromatic carbocycles. The second-order valence-corrected chi connectivity index (χ2v) is 27.0. The van der Waals surface area contributed by atoms with Crippen LogP contribution in [0.3, 0.4) is 0 Å².